The molecule has 0 aromatic heterocycles. The van der Waals surface area contributed by atoms with Crippen molar-refractivity contribution in [3.63, 3.8) is 0 Å². The van der Waals surface area contributed by atoms with Gasteiger partial charge in [-0.2, -0.15) is 0 Å². The molecule has 2 aliphatic rings. The van der Waals surface area contributed by atoms with Gasteiger partial charge in [0.2, 0.25) is 0 Å². The summed E-state index contributed by atoms with van der Waals surface area (Å²) in [4.78, 5) is 0. The molecule has 2 aromatic carbocycles. The van der Waals surface area contributed by atoms with Crippen molar-refractivity contribution in [1.82, 2.24) is 10.6 Å². The number of hydrogen-bond acceptors (Lipinski definition) is 4. The van der Waals surface area contributed by atoms with Crippen molar-refractivity contribution in [1.29, 1.82) is 0 Å². The number of hydrogen-bond donors (Lipinski definition) is 4. The Kier molecular flexibility index (Phi) is 6.73. The van der Waals surface area contributed by atoms with E-state index in [0.29, 0.717) is 0 Å². The second kappa shape index (κ2) is 8.80. The van der Waals surface area contributed by atoms with Gasteiger partial charge in [-0.3, -0.25) is 0 Å². The van der Waals surface area contributed by atoms with Crippen LogP contribution in [0, 0.1) is 10.8 Å². The Balaban J connectivity index is 0.000000171. The molecule has 2 atom stereocenters. The highest BCUT2D eigenvalue weighted by Crippen LogP contribution is 2.44. The van der Waals surface area contributed by atoms with Crippen LogP contribution in [0.1, 0.15) is 51.7 Å². The third kappa shape index (κ3) is 4.33. The van der Waals surface area contributed by atoms with E-state index in [4.69, 9.17) is 0 Å². The summed E-state index contributed by atoms with van der Waals surface area (Å²) in [6.45, 7) is 12.0. The molecule has 0 aliphatic carbocycles. The number of rotatable bonds is 2. The average Bonchev–Trinajstić information content (AvgIpc) is 2.74. The topological polar surface area (TPSA) is 64.5 Å². The van der Waals surface area contributed by atoms with E-state index in [1.165, 1.54) is 0 Å². The van der Waals surface area contributed by atoms with Crippen molar-refractivity contribution in [2.24, 2.45) is 10.8 Å². The third-order valence-corrected chi connectivity index (χ3v) is 7.20. The van der Waals surface area contributed by atoms with E-state index in [9.17, 15) is 10.2 Å². The van der Waals surface area contributed by atoms with Gasteiger partial charge in [0.15, 0.2) is 0 Å². The normalized spacial score (nSPS) is 30.1. The fraction of sp³-hybridized carbons (Fsp3) is 0.538. The number of piperidine rings is 2. The standard InChI is InChI=1S/2C13H19NO/c2*1-12(2)10-14-9-8-13(12,15)11-6-4-3-5-7-11/h2*3-7,14-15H,8-10H2,1-2H3/t2*13-/m10/s1. The molecule has 4 nitrogen and oxygen atoms in total. The zero-order valence-electron chi connectivity index (χ0n) is 18.9. The van der Waals surface area contributed by atoms with Gasteiger partial charge in [0.25, 0.3) is 0 Å². The monoisotopic (exact) mass is 410 g/mol. The molecule has 164 valence electrons. The fourth-order valence-corrected chi connectivity index (χ4v) is 4.81. The maximum Gasteiger partial charge on any atom is 0.0971 e. The van der Waals surface area contributed by atoms with Crippen molar-refractivity contribution in [2.45, 2.75) is 51.7 Å². The molecule has 4 heteroatoms. The Morgan fingerprint density at radius 1 is 0.600 bits per heavy atom. The zero-order valence-corrected chi connectivity index (χ0v) is 18.9. The van der Waals surface area contributed by atoms with E-state index >= 15 is 0 Å². The maximum atomic E-state index is 10.8. The first kappa shape index (κ1) is 23.0. The second-order valence-electron chi connectivity index (χ2n) is 10.1. The highest BCUT2D eigenvalue weighted by atomic mass is 16.3. The van der Waals surface area contributed by atoms with Crippen molar-refractivity contribution in [2.75, 3.05) is 26.2 Å². The molecule has 0 spiro atoms. The lowest BCUT2D eigenvalue weighted by Crippen LogP contribution is -2.53. The minimum absolute atomic E-state index is 0.118. The van der Waals surface area contributed by atoms with Crippen LogP contribution in [0.2, 0.25) is 0 Å². The van der Waals surface area contributed by atoms with E-state index in [0.717, 1.165) is 50.1 Å². The summed E-state index contributed by atoms with van der Waals surface area (Å²) in [5.41, 5.74) is 0.450. The van der Waals surface area contributed by atoms with Gasteiger partial charge in [-0.05, 0) is 37.1 Å². The summed E-state index contributed by atoms with van der Waals surface area (Å²) in [7, 11) is 0. The first-order chi connectivity index (χ1) is 14.1. The largest absolute Gasteiger partial charge is 0.385 e. The van der Waals surface area contributed by atoms with Gasteiger partial charge in [0, 0.05) is 23.9 Å². The summed E-state index contributed by atoms with van der Waals surface area (Å²) in [6.07, 6.45) is 1.56. The summed E-state index contributed by atoms with van der Waals surface area (Å²) in [5.74, 6) is 0. The lowest BCUT2D eigenvalue weighted by molar-refractivity contribution is -0.0945. The molecular weight excluding hydrogens is 372 g/mol. The summed E-state index contributed by atoms with van der Waals surface area (Å²) in [5, 5.41) is 28.3. The van der Waals surface area contributed by atoms with Crippen LogP contribution >= 0.6 is 0 Å². The molecule has 4 N–H and O–H groups in total. The first-order valence-corrected chi connectivity index (χ1v) is 11.1. The maximum absolute atomic E-state index is 10.8. The first-order valence-electron chi connectivity index (χ1n) is 11.1. The van der Waals surface area contributed by atoms with Gasteiger partial charge < -0.3 is 20.8 Å². The van der Waals surface area contributed by atoms with E-state index in [-0.39, 0.29) is 10.8 Å². The van der Waals surface area contributed by atoms with Gasteiger partial charge in [-0.15, -0.1) is 0 Å². The molecule has 0 unspecified atom stereocenters. The molecule has 0 radical (unpaired) electrons. The highest BCUT2D eigenvalue weighted by molar-refractivity contribution is 5.27. The molecule has 4 rings (SSSR count). The van der Waals surface area contributed by atoms with Crippen LogP contribution in [-0.2, 0) is 11.2 Å². The van der Waals surface area contributed by atoms with Gasteiger partial charge >= 0.3 is 0 Å². The van der Waals surface area contributed by atoms with Crippen LogP contribution in [0.25, 0.3) is 0 Å². The molecule has 2 fully saturated rings. The van der Waals surface area contributed by atoms with E-state index in [1.807, 2.05) is 60.7 Å². The van der Waals surface area contributed by atoms with Crippen molar-refractivity contribution >= 4 is 0 Å². The molecule has 2 aromatic rings. The van der Waals surface area contributed by atoms with Crippen molar-refractivity contribution in [3.8, 4) is 0 Å². The summed E-state index contributed by atoms with van der Waals surface area (Å²) >= 11 is 0. The number of aliphatic hydroxyl groups is 2. The van der Waals surface area contributed by atoms with Gasteiger partial charge in [-0.25, -0.2) is 0 Å². The van der Waals surface area contributed by atoms with Gasteiger partial charge in [0.05, 0.1) is 11.2 Å². The number of nitrogens with one attached hydrogen (secondary N) is 2. The molecule has 0 saturated carbocycles. The molecule has 30 heavy (non-hydrogen) atoms. The number of benzene rings is 2. The van der Waals surface area contributed by atoms with E-state index in [2.05, 4.69) is 38.3 Å². The SMILES string of the molecule is CC1(C)CNCC[C@@]1(O)c1ccccc1.CC1(C)CNCC[C@]1(O)c1ccccc1. The van der Waals surface area contributed by atoms with E-state index in [1.54, 1.807) is 0 Å². The minimum atomic E-state index is -0.695. The van der Waals surface area contributed by atoms with Crippen LogP contribution < -0.4 is 10.6 Å². The Hall–Kier alpha value is -1.72. The van der Waals surface area contributed by atoms with E-state index < -0.39 is 11.2 Å². The lowest BCUT2D eigenvalue weighted by Gasteiger charge is -2.47. The zero-order chi connectivity index (χ0) is 21.9. The Morgan fingerprint density at radius 2 is 0.933 bits per heavy atom. The summed E-state index contributed by atoms with van der Waals surface area (Å²) in [6, 6.07) is 20.0. The molecule has 2 aliphatic heterocycles. The molecular formula is C26H38N2O2. The Labute approximate surface area is 181 Å². The Morgan fingerprint density at radius 3 is 1.23 bits per heavy atom. The molecule has 2 saturated heterocycles. The predicted octanol–water partition coefficient (Wildman–Crippen LogP) is 3.79. The average molecular weight is 411 g/mol. The lowest BCUT2D eigenvalue weighted by atomic mass is 9.67. The van der Waals surface area contributed by atoms with Crippen LogP contribution in [-0.4, -0.2) is 36.4 Å². The molecule has 0 amide bonds. The van der Waals surface area contributed by atoms with Crippen molar-refractivity contribution in [3.05, 3.63) is 71.8 Å². The smallest absolute Gasteiger partial charge is 0.0971 e. The minimum Gasteiger partial charge on any atom is -0.385 e. The quantitative estimate of drug-likeness (QED) is 0.608. The van der Waals surface area contributed by atoms with Crippen LogP contribution in [0.15, 0.2) is 60.7 Å². The van der Waals surface area contributed by atoms with Crippen molar-refractivity contribution < 1.29 is 10.2 Å². The van der Waals surface area contributed by atoms with Gasteiger partial charge in [-0.1, -0.05) is 88.4 Å². The van der Waals surface area contributed by atoms with Crippen LogP contribution in [0.3, 0.4) is 0 Å². The Bertz CT molecular complexity index is 737. The third-order valence-electron chi connectivity index (χ3n) is 7.20. The van der Waals surface area contributed by atoms with Crippen LogP contribution in [0.5, 0.6) is 0 Å². The summed E-state index contributed by atoms with van der Waals surface area (Å²) < 4.78 is 0. The van der Waals surface area contributed by atoms with Crippen LogP contribution in [0.4, 0.5) is 0 Å². The highest BCUT2D eigenvalue weighted by Gasteiger charge is 2.47. The second-order valence-corrected chi connectivity index (χ2v) is 10.1. The predicted molar refractivity (Wildman–Crippen MR) is 123 cm³/mol. The van der Waals surface area contributed by atoms with Gasteiger partial charge in [0.1, 0.15) is 0 Å². The molecule has 0 bridgehead atoms. The fourth-order valence-electron chi connectivity index (χ4n) is 4.81. The molecule has 2 heterocycles.